The zero-order valence-corrected chi connectivity index (χ0v) is 12.1. The molecule has 0 fully saturated rings. The van der Waals surface area contributed by atoms with E-state index in [1.807, 2.05) is 31.2 Å². The fourth-order valence-electron chi connectivity index (χ4n) is 1.77. The number of hydrogen-bond acceptors (Lipinski definition) is 3. The zero-order chi connectivity index (χ0) is 14.5. The number of benzene rings is 1. The Morgan fingerprint density at radius 3 is 2.74 bits per heavy atom. The monoisotopic (exact) mass is 265 g/mol. The highest BCUT2D eigenvalue weighted by molar-refractivity contribution is 5.83. The van der Waals surface area contributed by atoms with Crippen LogP contribution in [0.1, 0.15) is 37.8 Å². The van der Waals surface area contributed by atoms with Crippen LogP contribution in [0, 0.1) is 0 Å². The Balaban J connectivity index is 2.76. The first-order chi connectivity index (χ1) is 8.86. The molecule has 4 heteroatoms. The maximum atomic E-state index is 12.0. The van der Waals surface area contributed by atoms with Crippen LogP contribution in [0.3, 0.4) is 0 Å². The molecule has 0 unspecified atom stereocenters. The van der Waals surface area contributed by atoms with Crippen molar-refractivity contribution in [2.75, 3.05) is 20.3 Å². The minimum absolute atomic E-state index is 0.0371. The summed E-state index contributed by atoms with van der Waals surface area (Å²) in [4.78, 5) is 12.0. The first-order valence-corrected chi connectivity index (χ1v) is 6.45. The standard InChI is InChI=1S/C15H23NO3/c1-11(14(17)16-8-9-19-4)12-6-5-7-13(10-12)15(2,3)18/h5-7,10-11,18H,8-9H2,1-4H3,(H,16,17)/t11-/m1/s1. The Kier molecular flexibility index (Phi) is 5.51. The van der Waals surface area contributed by atoms with Gasteiger partial charge in [-0.25, -0.2) is 0 Å². The van der Waals surface area contributed by atoms with E-state index in [0.717, 1.165) is 11.1 Å². The maximum Gasteiger partial charge on any atom is 0.227 e. The van der Waals surface area contributed by atoms with Crippen molar-refractivity contribution in [1.82, 2.24) is 5.32 Å². The molecule has 0 aliphatic rings. The molecule has 0 saturated carbocycles. The molecular weight excluding hydrogens is 242 g/mol. The van der Waals surface area contributed by atoms with Crippen molar-refractivity contribution in [3.8, 4) is 0 Å². The van der Waals surface area contributed by atoms with Gasteiger partial charge in [0.15, 0.2) is 0 Å². The second-order valence-electron chi connectivity index (χ2n) is 5.19. The number of amides is 1. The molecule has 0 spiro atoms. The molecular formula is C15H23NO3. The van der Waals surface area contributed by atoms with E-state index in [-0.39, 0.29) is 11.8 Å². The Hall–Kier alpha value is -1.39. The van der Waals surface area contributed by atoms with Crippen molar-refractivity contribution < 1.29 is 14.6 Å². The Labute approximate surface area is 114 Å². The number of methoxy groups -OCH3 is 1. The lowest BCUT2D eigenvalue weighted by atomic mass is 9.92. The van der Waals surface area contributed by atoms with Crippen molar-refractivity contribution in [3.63, 3.8) is 0 Å². The van der Waals surface area contributed by atoms with Gasteiger partial charge in [-0.2, -0.15) is 0 Å². The topological polar surface area (TPSA) is 58.6 Å². The largest absolute Gasteiger partial charge is 0.386 e. The van der Waals surface area contributed by atoms with E-state index in [4.69, 9.17) is 4.74 Å². The van der Waals surface area contributed by atoms with Gasteiger partial charge in [-0.15, -0.1) is 0 Å². The molecule has 4 nitrogen and oxygen atoms in total. The summed E-state index contributed by atoms with van der Waals surface area (Å²) in [6, 6.07) is 7.50. The summed E-state index contributed by atoms with van der Waals surface area (Å²) in [6.07, 6.45) is 0. The van der Waals surface area contributed by atoms with E-state index >= 15 is 0 Å². The summed E-state index contributed by atoms with van der Waals surface area (Å²) < 4.78 is 4.89. The first-order valence-electron chi connectivity index (χ1n) is 6.45. The molecule has 1 rings (SSSR count). The summed E-state index contributed by atoms with van der Waals surface area (Å²) in [5.41, 5.74) is 0.804. The van der Waals surface area contributed by atoms with Crippen LogP contribution in [0.5, 0.6) is 0 Å². The predicted octanol–water partition coefficient (Wildman–Crippen LogP) is 1.78. The molecule has 2 N–H and O–H groups in total. The lowest BCUT2D eigenvalue weighted by Gasteiger charge is -2.20. The molecule has 106 valence electrons. The summed E-state index contributed by atoms with van der Waals surface area (Å²) >= 11 is 0. The number of aliphatic hydroxyl groups is 1. The normalized spacial score (nSPS) is 13.1. The number of carbonyl (C=O) groups excluding carboxylic acids is 1. The van der Waals surface area contributed by atoms with E-state index < -0.39 is 5.60 Å². The summed E-state index contributed by atoms with van der Waals surface area (Å²) in [7, 11) is 1.60. The molecule has 1 amide bonds. The molecule has 0 bridgehead atoms. The maximum absolute atomic E-state index is 12.0. The Bertz CT molecular complexity index is 424. The van der Waals surface area contributed by atoms with Gasteiger partial charge in [0.2, 0.25) is 5.91 Å². The molecule has 0 aliphatic carbocycles. The van der Waals surface area contributed by atoms with E-state index in [1.54, 1.807) is 21.0 Å². The molecule has 0 aromatic heterocycles. The average Bonchev–Trinajstić information content (AvgIpc) is 2.37. The van der Waals surface area contributed by atoms with E-state index in [2.05, 4.69) is 5.32 Å². The van der Waals surface area contributed by atoms with Crippen LogP contribution in [0.4, 0.5) is 0 Å². The van der Waals surface area contributed by atoms with Crippen LogP contribution in [0.2, 0.25) is 0 Å². The lowest BCUT2D eigenvalue weighted by Crippen LogP contribution is -2.31. The third-order valence-electron chi connectivity index (χ3n) is 3.09. The molecule has 0 saturated heterocycles. The van der Waals surface area contributed by atoms with Gasteiger partial charge in [0.1, 0.15) is 0 Å². The van der Waals surface area contributed by atoms with Gasteiger partial charge in [0.25, 0.3) is 0 Å². The van der Waals surface area contributed by atoms with Gasteiger partial charge in [0, 0.05) is 13.7 Å². The molecule has 0 aliphatic heterocycles. The molecule has 1 aromatic rings. The predicted molar refractivity (Wildman–Crippen MR) is 75.0 cm³/mol. The van der Waals surface area contributed by atoms with Gasteiger partial charge in [-0.3, -0.25) is 4.79 Å². The quantitative estimate of drug-likeness (QED) is 0.771. The van der Waals surface area contributed by atoms with Crippen molar-refractivity contribution in [1.29, 1.82) is 0 Å². The van der Waals surface area contributed by atoms with Crippen molar-refractivity contribution in [2.45, 2.75) is 32.3 Å². The van der Waals surface area contributed by atoms with E-state index in [9.17, 15) is 9.90 Å². The van der Waals surface area contributed by atoms with Crippen molar-refractivity contribution in [2.24, 2.45) is 0 Å². The van der Waals surface area contributed by atoms with Crippen LogP contribution in [-0.4, -0.2) is 31.3 Å². The minimum atomic E-state index is -0.901. The van der Waals surface area contributed by atoms with Gasteiger partial charge >= 0.3 is 0 Å². The summed E-state index contributed by atoms with van der Waals surface area (Å²) in [6.45, 7) is 6.32. The third kappa shape index (κ3) is 4.65. The van der Waals surface area contributed by atoms with Crippen LogP contribution in [0.15, 0.2) is 24.3 Å². The highest BCUT2D eigenvalue weighted by atomic mass is 16.5. The number of carbonyl (C=O) groups is 1. The third-order valence-corrected chi connectivity index (χ3v) is 3.09. The Morgan fingerprint density at radius 2 is 2.16 bits per heavy atom. The first kappa shape index (κ1) is 15.7. The average molecular weight is 265 g/mol. The molecule has 0 heterocycles. The number of rotatable bonds is 6. The van der Waals surface area contributed by atoms with Crippen LogP contribution < -0.4 is 5.32 Å². The second kappa shape index (κ2) is 6.68. The molecule has 19 heavy (non-hydrogen) atoms. The number of ether oxygens (including phenoxy) is 1. The van der Waals surface area contributed by atoms with Crippen molar-refractivity contribution in [3.05, 3.63) is 35.4 Å². The van der Waals surface area contributed by atoms with E-state index in [0.29, 0.717) is 13.2 Å². The van der Waals surface area contributed by atoms with Gasteiger partial charge in [0.05, 0.1) is 18.1 Å². The van der Waals surface area contributed by atoms with Crippen LogP contribution >= 0.6 is 0 Å². The minimum Gasteiger partial charge on any atom is -0.386 e. The van der Waals surface area contributed by atoms with Gasteiger partial charge in [-0.1, -0.05) is 24.3 Å². The fourth-order valence-corrected chi connectivity index (χ4v) is 1.77. The summed E-state index contributed by atoms with van der Waals surface area (Å²) in [5, 5.41) is 12.8. The fraction of sp³-hybridized carbons (Fsp3) is 0.533. The Morgan fingerprint density at radius 1 is 1.47 bits per heavy atom. The van der Waals surface area contributed by atoms with Crippen LogP contribution in [0.25, 0.3) is 0 Å². The second-order valence-corrected chi connectivity index (χ2v) is 5.19. The molecule has 0 radical (unpaired) electrons. The SMILES string of the molecule is COCCNC(=O)[C@H](C)c1cccc(C(C)(C)O)c1. The van der Waals surface area contributed by atoms with E-state index in [1.165, 1.54) is 0 Å². The zero-order valence-electron chi connectivity index (χ0n) is 12.1. The summed E-state index contributed by atoms with van der Waals surface area (Å²) in [5.74, 6) is -0.288. The number of hydrogen-bond donors (Lipinski definition) is 2. The molecule has 1 atom stereocenters. The highest BCUT2D eigenvalue weighted by Gasteiger charge is 2.19. The number of nitrogens with one attached hydrogen (secondary N) is 1. The smallest absolute Gasteiger partial charge is 0.227 e. The van der Waals surface area contributed by atoms with Gasteiger partial charge in [-0.05, 0) is 31.9 Å². The van der Waals surface area contributed by atoms with Crippen molar-refractivity contribution >= 4 is 5.91 Å². The van der Waals surface area contributed by atoms with Gasteiger partial charge < -0.3 is 15.2 Å². The lowest BCUT2D eigenvalue weighted by molar-refractivity contribution is -0.122. The van der Waals surface area contributed by atoms with Crippen LogP contribution in [-0.2, 0) is 15.1 Å². The molecule has 1 aromatic carbocycles. The highest BCUT2D eigenvalue weighted by Crippen LogP contribution is 2.24.